The molecule has 2 heterocycles. The number of rotatable bonds is 3. The molecule has 0 aliphatic carbocycles. The van der Waals surface area contributed by atoms with Crippen LogP contribution in [0, 0.1) is 6.92 Å². The molecule has 1 aromatic carbocycles. The largest absolute Gasteiger partial charge is 0.493 e. The smallest absolute Gasteiger partial charge is 0.433 e. The predicted octanol–water partition coefficient (Wildman–Crippen LogP) is 3.62. The van der Waals surface area contributed by atoms with Crippen LogP contribution in [0.5, 0.6) is 11.5 Å². The van der Waals surface area contributed by atoms with Gasteiger partial charge in [0, 0.05) is 13.1 Å². The summed E-state index contributed by atoms with van der Waals surface area (Å²) in [6.07, 6.45) is -3.92. The van der Waals surface area contributed by atoms with Crippen molar-refractivity contribution in [3.63, 3.8) is 0 Å². The molecule has 1 aliphatic rings. The lowest BCUT2D eigenvalue weighted by atomic mass is 9.98. The molecule has 5 nitrogen and oxygen atoms in total. The number of fused-ring (bicyclic) bond motifs is 1. The number of alkyl halides is 3. The van der Waals surface area contributed by atoms with Crippen molar-refractivity contribution >= 4 is 5.91 Å². The normalized spacial score (nSPS) is 13.9. The van der Waals surface area contributed by atoms with Crippen LogP contribution in [-0.2, 0) is 19.1 Å². The molecule has 1 aromatic heterocycles. The average molecular weight is 380 g/mol. The standard InChI is InChI=1S/C19H19F3N2O3/c1-11-14(4-5-17(23-11)19(20,21)22)18(25)24-7-6-12-8-15(26-2)16(27-3)9-13(12)10-24/h4-5,8-9H,6-7,10H2,1-3H3. The number of amides is 1. The second-order valence-electron chi connectivity index (χ2n) is 6.28. The molecule has 0 radical (unpaired) electrons. The molecule has 0 saturated carbocycles. The SMILES string of the molecule is COc1cc2c(cc1OC)CN(C(=O)c1ccc(C(F)(F)F)nc1C)CC2. The first-order valence-electron chi connectivity index (χ1n) is 8.32. The Balaban J connectivity index is 1.86. The average Bonchev–Trinajstić information content (AvgIpc) is 2.65. The van der Waals surface area contributed by atoms with Gasteiger partial charge in [-0.15, -0.1) is 0 Å². The van der Waals surface area contributed by atoms with Crippen molar-refractivity contribution in [3.8, 4) is 11.5 Å². The molecule has 1 aliphatic heterocycles. The van der Waals surface area contributed by atoms with E-state index in [4.69, 9.17) is 9.47 Å². The zero-order valence-electron chi connectivity index (χ0n) is 15.2. The highest BCUT2D eigenvalue weighted by Crippen LogP contribution is 2.34. The van der Waals surface area contributed by atoms with Crippen LogP contribution in [0.25, 0.3) is 0 Å². The first kappa shape index (κ1) is 19.0. The van der Waals surface area contributed by atoms with Gasteiger partial charge in [-0.1, -0.05) is 0 Å². The molecule has 0 fully saturated rings. The Morgan fingerprint density at radius 1 is 1.11 bits per heavy atom. The van der Waals surface area contributed by atoms with Crippen molar-refractivity contribution in [2.75, 3.05) is 20.8 Å². The molecule has 3 rings (SSSR count). The summed E-state index contributed by atoms with van der Waals surface area (Å²) < 4.78 is 48.9. The van der Waals surface area contributed by atoms with Crippen molar-refractivity contribution in [2.45, 2.75) is 26.1 Å². The van der Waals surface area contributed by atoms with Crippen LogP contribution in [0.15, 0.2) is 24.3 Å². The van der Waals surface area contributed by atoms with E-state index in [-0.39, 0.29) is 17.2 Å². The van der Waals surface area contributed by atoms with E-state index in [9.17, 15) is 18.0 Å². The maximum atomic E-state index is 12.8. The first-order chi connectivity index (χ1) is 12.7. The number of hydrogen-bond donors (Lipinski definition) is 0. The predicted molar refractivity (Wildman–Crippen MR) is 92.0 cm³/mol. The third-order valence-corrected chi connectivity index (χ3v) is 4.61. The lowest BCUT2D eigenvalue weighted by Gasteiger charge is -2.30. The minimum atomic E-state index is -4.54. The quantitative estimate of drug-likeness (QED) is 0.816. The van der Waals surface area contributed by atoms with Crippen molar-refractivity contribution in [1.29, 1.82) is 0 Å². The number of nitrogens with zero attached hydrogens (tertiary/aromatic N) is 2. The molecule has 0 N–H and O–H groups in total. The van der Waals surface area contributed by atoms with Gasteiger partial charge in [-0.05, 0) is 48.7 Å². The number of aromatic nitrogens is 1. The van der Waals surface area contributed by atoms with Gasteiger partial charge < -0.3 is 14.4 Å². The lowest BCUT2D eigenvalue weighted by molar-refractivity contribution is -0.141. The second-order valence-corrected chi connectivity index (χ2v) is 6.28. The summed E-state index contributed by atoms with van der Waals surface area (Å²) in [5, 5.41) is 0. The Morgan fingerprint density at radius 3 is 2.30 bits per heavy atom. The van der Waals surface area contributed by atoms with Gasteiger partial charge in [-0.3, -0.25) is 4.79 Å². The van der Waals surface area contributed by atoms with E-state index >= 15 is 0 Å². The van der Waals surface area contributed by atoms with Gasteiger partial charge in [0.15, 0.2) is 11.5 Å². The summed E-state index contributed by atoms with van der Waals surface area (Å²) in [4.78, 5) is 18.0. The van der Waals surface area contributed by atoms with Crippen LogP contribution < -0.4 is 9.47 Å². The number of hydrogen-bond acceptors (Lipinski definition) is 4. The van der Waals surface area contributed by atoms with Crippen LogP contribution in [0.1, 0.15) is 32.9 Å². The van der Waals surface area contributed by atoms with E-state index in [1.165, 1.54) is 20.1 Å². The third kappa shape index (κ3) is 3.70. The first-order valence-corrected chi connectivity index (χ1v) is 8.32. The van der Waals surface area contributed by atoms with Crippen LogP contribution >= 0.6 is 0 Å². The molecule has 0 unspecified atom stereocenters. The molecule has 144 valence electrons. The molecule has 8 heteroatoms. The van der Waals surface area contributed by atoms with E-state index in [0.717, 1.165) is 17.2 Å². The Kier molecular flexibility index (Phi) is 4.99. The summed E-state index contributed by atoms with van der Waals surface area (Å²) in [5.74, 6) is 0.853. The molecule has 0 spiro atoms. The number of pyridine rings is 1. The van der Waals surface area contributed by atoms with Gasteiger partial charge in [-0.2, -0.15) is 13.2 Å². The Hall–Kier alpha value is -2.77. The number of carbonyl (C=O) groups excluding carboxylic acids is 1. The number of methoxy groups -OCH3 is 2. The van der Waals surface area contributed by atoms with E-state index in [2.05, 4.69) is 4.98 Å². The monoisotopic (exact) mass is 380 g/mol. The molecule has 0 atom stereocenters. The van der Waals surface area contributed by atoms with E-state index in [1.807, 2.05) is 12.1 Å². The van der Waals surface area contributed by atoms with E-state index < -0.39 is 11.9 Å². The molecular formula is C19H19F3N2O3. The molecule has 0 bridgehead atoms. The van der Waals surface area contributed by atoms with Crippen molar-refractivity contribution < 1.29 is 27.4 Å². The molecule has 2 aromatic rings. The topological polar surface area (TPSA) is 51.7 Å². The summed E-state index contributed by atoms with van der Waals surface area (Å²) in [6, 6.07) is 5.75. The molecule has 27 heavy (non-hydrogen) atoms. The molecule has 1 amide bonds. The number of carbonyl (C=O) groups is 1. The van der Waals surface area contributed by atoms with Gasteiger partial charge in [0.05, 0.1) is 25.5 Å². The number of aryl methyl sites for hydroxylation is 1. The minimum Gasteiger partial charge on any atom is -0.493 e. The summed E-state index contributed by atoms with van der Waals surface area (Å²) in [6.45, 7) is 2.21. The van der Waals surface area contributed by atoms with Crippen LogP contribution in [0.4, 0.5) is 13.2 Å². The van der Waals surface area contributed by atoms with Crippen LogP contribution in [0.3, 0.4) is 0 Å². The molecular weight excluding hydrogens is 361 g/mol. The fourth-order valence-electron chi connectivity index (χ4n) is 3.17. The van der Waals surface area contributed by atoms with Crippen molar-refractivity contribution in [2.24, 2.45) is 0 Å². The zero-order chi connectivity index (χ0) is 19.8. The van der Waals surface area contributed by atoms with Crippen LogP contribution in [0.2, 0.25) is 0 Å². The van der Waals surface area contributed by atoms with Gasteiger partial charge in [0.2, 0.25) is 0 Å². The van der Waals surface area contributed by atoms with Gasteiger partial charge in [-0.25, -0.2) is 4.98 Å². The van der Waals surface area contributed by atoms with E-state index in [0.29, 0.717) is 31.0 Å². The fraction of sp³-hybridized carbons (Fsp3) is 0.368. The molecule has 0 saturated heterocycles. The summed E-state index contributed by atoms with van der Waals surface area (Å²) in [5.41, 5.74) is 1.21. The van der Waals surface area contributed by atoms with Gasteiger partial charge in [0.25, 0.3) is 5.91 Å². The van der Waals surface area contributed by atoms with Crippen molar-refractivity contribution in [1.82, 2.24) is 9.88 Å². The minimum absolute atomic E-state index is 0.0629. The lowest BCUT2D eigenvalue weighted by Crippen LogP contribution is -2.36. The Bertz CT molecular complexity index is 881. The number of halogens is 3. The van der Waals surface area contributed by atoms with Crippen LogP contribution in [-0.4, -0.2) is 36.6 Å². The number of benzene rings is 1. The maximum Gasteiger partial charge on any atom is 0.433 e. The summed E-state index contributed by atoms with van der Waals surface area (Å²) in [7, 11) is 3.09. The van der Waals surface area contributed by atoms with Crippen molar-refractivity contribution in [3.05, 3.63) is 52.3 Å². The highest BCUT2D eigenvalue weighted by Gasteiger charge is 2.33. The van der Waals surface area contributed by atoms with Gasteiger partial charge in [0.1, 0.15) is 5.69 Å². The Morgan fingerprint density at radius 2 is 1.74 bits per heavy atom. The van der Waals surface area contributed by atoms with E-state index in [1.54, 1.807) is 12.0 Å². The fourth-order valence-corrected chi connectivity index (χ4v) is 3.17. The number of ether oxygens (including phenoxy) is 2. The third-order valence-electron chi connectivity index (χ3n) is 4.61. The Labute approximate surface area is 154 Å². The van der Waals surface area contributed by atoms with Gasteiger partial charge >= 0.3 is 6.18 Å². The maximum absolute atomic E-state index is 12.8. The zero-order valence-corrected chi connectivity index (χ0v) is 15.2. The highest BCUT2D eigenvalue weighted by atomic mass is 19.4. The highest BCUT2D eigenvalue weighted by molar-refractivity contribution is 5.95. The second kappa shape index (κ2) is 7.09. The summed E-state index contributed by atoms with van der Waals surface area (Å²) >= 11 is 0.